The lowest BCUT2D eigenvalue weighted by atomic mass is 10.1. The van der Waals surface area contributed by atoms with E-state index in [0.29, 0.717) is 17.8 Å². The van der Waals surface area contributed by atoms with Gasteiger partial charge in [0.1, 0.15) is 0 Å². The van der Waals surface area contributed by atoms with E-state index in [4.69, 9.17) is 5.26 Å². The van der Waals surface area contributed by atoms with Crippen LogP contribution in [0.5, 0.6) is 0 Å². The van der Waals surface area contributed by atoms with E-state index in [9.17, 15) is 4.79 Å². The van der Waals surface area contributed by atoms with Crippen molar-refractivity contribution in [1.29, 1.82) is 5.26 Å². The third kappa shape index (κ3) is 3.59. The molecule has 2 amide bonds. The molecule has 138 valence electrons. The number of aryl methyl sites for hydroxylation is 1. The molecule has 0 fully saturated rings. The predicted molar refractivity (Wildman–Crippen MR) is 110 cm³/mol. The van der Waals surface area contributed by atoms with Crippen LogP contribution in [0, 0.1) is 18.3 Å². The second kappa shape index (κ2) is 7.55. The molecular formula is C21H17N5OS. The van der Waals surface area contributed by atoms with Gasteiger partial charge in [-0.1, -0.05) is 29.8 Å². The van der Waals surface area contributed by atoms with Crippen LogP contribution in [-0.4, -0.2) is 15.4 Å². The highest BCUT2D eigenvalue weighted by Gasteiger charge is 2.12. The molecule has 0 bridgehead atoms. The van der Waals surface area contributed by atoms with Gasteiger partial charge in [0.25, 0.3) is 0 Å². The van der Waals surface area contributed by atoms with E-state index in [0.717, 1.165) is 21.9 Å². The number of amides is 2. The zero-order valence-corrected chi connectivity index (χ0v) is 16.0. The van der Waals surface area contributed by atoms with Crippen LogP contribution in [0.3, 0.4) is 0 Å². The maximum Gasteiger partial charge on any atom is 0.319 e. The van der Waals surface area contributed by atoms with Crippen LogP contribution in [0.25, 0.3) is 16.2 Å². The Bertz CT molecular complexity index is 1170. The van der Waals surface area contributed by atoms with Crippen LogP contribution in [0.4, 0.5) is 10.5 Å². The number of anilines is 1. The molecule has 0 spiro atoms. The molecule has 0 radical (unpaired) electrons. The van der Waals surface area contributed by atoms with E-state index in [1.807, 2.05) is 0 Å². The van der Waals surface area contributed by atoms with Crippen LogP contribution < -0.4 is 10.6 Å². The molecule has 0 atom stereocenters. The van der Waals surface area contributed by atoms with Crippen LogP contribution in [0.1, 0.15) is 16.8 Å². The fourth-order valence-electron chi connectivity index (χ4n) is 2.89. The minimum Gasteiger partial charge on any atom is -0.332 e. The molecule has 2 aromatic heterocycles. The largest absolute Gasteiger partial charge is 0.332 e. The van der Waals surface area contributed by atoms with Gasteiger partial charge >= 0.3 is 6.03 Å². The van der Waals surface area contributed by atoms with Gasteiger partial charge < -0.3 is 10.6 Å². The zero-order chi connectivity index (χ0) is 19.5. The molecule has 6 nitrogen and oxygen atoms in total. The summed E-state index contributed by atoms with van der Waals surface area (Å²) in [6.07, 6.45) is 1.78. The topological polar surface area (TPSA) is 82.2 Å². The van der Waals surface area contributed by atoms with Crippen molar-refractivity contribution in [1.82, 2.24) is 14.7 Å². The van der Waals surface area contributed by atoms with Gasteiger partial charge in [-0.25, -0.2) is 9.78 Å². The van der Waals surface area contributed by atoms with Gasteiger partial charge in [0, 0.05) is 11.1 Å². The third-order valence-corrected chi connectivity index (χ3v) is 5.21. The minimum absolute atomic E-state index is 0.313. The van der Waals surface area contributed by atoms with Crippen LogP contribution in [0.15, 0.2) is 60.1 Å². The summed E-state index contributed by atoms with van der Waals surface area (Å²) in [6.45, 7) is 2.41. The van der Waals surface area contributed by atoms with E-state index < -0.39 is 0 Å². The number of carbonyl (C=O) groups is 1. The van der Waals surface area contributed by atoms with Gasteiger partial charge in [0.2, 0.25) is 0 Å². The molecule has 0 saturated heterocycles. The normalized spacial score (nSPS) is 10.6. The van der Waals surface area contributed by atoms with E-state index in [1.165, 1.54) is 5.56 Å². The number of hydrogen-bond donors (Lipinski definition) is 2. The lowest BCUT2D eigenvalue weighted by Gasteiger charge is -2.08. The first-order chi connectivity index (χ1) is 13.6. The fourth-order valence-corrected chi connectivity index (χ4v) is 3.78. The van der Waals surface area contributed by atoms with Crippen molar-refractivity contribution in [3.63, 3.8) is 0 Å². The summed E-state index contributed by atoms with van der Waals surface area (Å²) < 4.78 is 2.07. The lowest BCUT2D eigenvalue weighted by molar-refractivity contribution is 0.251. The Kier molecular flexibility index (Phi) is 4.79. The van der Waals surface area contributed by atoms with Crippen molar-refractivity contribution in [3.05, 3.63) is 76.9 Å². The van der Waals surface area contributed by atoms with Crippen molar-refractivity contribution in [2.45, 2.75) is 13.5 Å². The summed E-state index contributed by atoms with van der Waals surface area (Å²) in [5.41, 5.74) is 5.46. The molecule has 0 aliphatic carbocycles. The molecule has 2 aromatic carbocycles. The van der Waals surface area contributed by atoms with Crippen molar-refractivity contribution in [3.8, 4) is 17.3 Å². The number of aromatic nitrogens is 2. The molecule has 4 aromatic rings. The van der Waals surface area contributed by atoms with Gasteiger partial charge in [0.15, 0.2) is 4.96 Å². The second-order valence-electron chi connectivity index (χ2n) is 6.35. The molecule has 2 N–H and O–H groups in total. The van der Waals surface area contributed by atoms with Gasteiger partial charge in [0.05, 0.1) is 35.8 Å². The van der Waals surface area contributed by atoms with Crippen molar-refractivity contribution in [2.24, 2.45) is 0 Å². The molecule has 2 heterocycles. The Hall–Kier alpha value is -3.63. The highest BCUT2D eigenvalue weighted by atomic mass is 32.1. The number of fused-ring (bicyclic) bond motifs is 1. The Morgan fingerprint density at radius 1 is 1.18 bits per heavy atom. The smallest absolute Gasteiger partial charge is 0.319 e. The SMILES string of the molecule is Cc1ccc(-c2csc3ncc(CNC(=O)Nc4ccc(C#N)cc4)n23)cc1. The summed E-state index contributed by atoms with van der Waals surface area (Å²) in [5, 5.41) is 16.5. The maximum atomic E-state index is 12.2. The van der Waals surface area contributed by atoms with Gasteiger partial charge in [-0.15, -0.1) is 11.3 Å². The number of imidazole rings is 1. The number of rotatable bonds is 4. The highest BCUT2D eigenvalue weighted by molar-refractivity contribution is 7.15. The van der Waals surface area contributed by atoms with E-state index in [-0.39, 0.29) is 6.03 Å². The van der Waals surface area contributed by atoms with Crippen molar-refractivity contribution < 1.29 is 4.79 Å². The average molecular weight is 387 g/mol. The van der Waals surface area contributed by atoms with E-state index >= 15 is 0 Å². The first-order valence-electron chi connectivity index (χ1n) is 8.70. The Morgan fingerprint density at radius 3 is 2.64 bits per heavy atom. The van der Waals surface area contributed by atoms with Crippen LogP contribution >= 0.6 is 11.3 Å². The molecule has 0 aliphatic rings. The Balaban J connectivity index is 1.49. The summed E-state index contributed by atoms with van der Waals surface area (Å²) in [7, 11) is 0. The van der Waals surface area contributed by atoms with Crippen LogP contribution in [-0.2, 0) is 6.54 Å². The fraction of sp³-hybridized carbons (Fsp3) is 0.0952. The summed E-state index contributed by atoms with van der Waals surface area (Å²) >= 11 is 1.57. The third-order valence-electron chi connectivity index (χ3n) is 4.37. The number of urea groups is 1. The summed E-state index contributed by atoms with van der Waals surface area (Å²) in [4.78, 5) is 17.5. The maximum absolute atomic E-state index is 12.2. The second-order valence-corrected chi connectivity index (χ2v) is 7.19. The summed E-state index contributed by atoms with van der Waals surface area (Å²) in [6, 6.07) is 16.8. The summed E-state index contributed by atoms with van der Waals surface area (Å²) in [5.74, 6) is 0. The number of carbonyl (C=O) groups excluding carboxylic acids is 1. The predicted octanol–water partition coefficient (Wildman–Crippen LogP) is 4.56. The Morgan fingerprint density at radius 2 is 1.93 bits per heavy atom. The van der Waals surface area contributed by atoms with Crippen molar-refractivity contribution in [2.75, 3.05) is 5.32 Å². The molecule has 28 heavy (non-hydrogen) atoms. The van der Waals surface area contributed by atoms with Crippen molar-refractivity contribution >= 4 is 28.0 Å². The minimum atomic E-state index is -0.313. The molecule has 4 rings (SSSR count). The number of nitrogens with one attached hydrogen (secondary N) is 2. The molecule has 0 saturated carbocycles. The van der Waals surface area contributed by atoms with E-state index in [2.05, 4.69) is 62.7 Å². The Labute approximate surface area is 166 Å². The number of nitriles is 1. The van der Waals surface area contributed by atoms with E-state index in [1.54, 1.807) is 41.8 Å². The average Bonchev–Trinajstić information content (AvgIpc) is 3.30. The molecular weight excluding hydrogens is 370 g/mol. The quantitative estimate of drug-likeness (QED) is 0.538. The van der Waals surface area contributed by atoms with Gasteiger partial charge in [-0.05, 0) is 36.8 Å². The number of nitrogens with zero attached hydrogens (tertiary/aromatic N) is 3. The molecule has 0 aliphatic heterocycles. The number of thiazole rings is 1. The molecule has 0 unspecified atom stereocenters. The lowest BCUT2D eigenvalue weighted by Crippen LogP contribution is -2.28. The number of hydrogen-bond acceptors (Lipinski definition) is 4. The van der Waals surface area contributed by atoms with Crippen LogP contribution in [0.2, 0.25) is 0 Å². The van der Waals surface area contributed by atoms with Gasteiger partial charge in [-0.2, -0.15) is 5.26 Å². The zero-order valence-electron chi connectivity index (χ0n) is 15.1. The highest BCUT2D eigenvalue weighted by Crippen LogP contribution is 2.27. The first kappa shape index (κ1) is 17.8. The molecule has 7 heteroatoms. The monoisotopic (exact) mass is 387 g/mol. The number of benzene rings is 2. The first-order valence-corrected chi connectivity index (χ1v) is 9.58. The standard InChI is InChI=1S/C21H17N5OS/c1-14-2-6-16(7-3-14)19-13-28-21-24-12-18(26(19)21)11-23-20(27)25-17-8-4-15(10-22)5-9-17/h2-9,12-13H,11H2,1H3,(H2,23,25,27). The van der Waals surface area contributed by atoms with Gasteiger partial charge in [-0.3, -0.25) is 4.40 Å².